The number of halogens is 1. The van der Waals surface area contributed by atoms with Crippen LogP contribution in [-0.2, 0) is 16.1 Å². The number of nitrogens with zero attached hydrogens (tertiary/aromatic N) is 2. The highest BCUT2D eigenvalue weighted by atomic mass is 35.5. The minimum atomic E-state index is -0.359. The van der Waals surface area contributed by atoms with Gasteiger partial charge in [-0.2, -0.15) is 0 Å². The van der Waals surface area contributed by atoms with Crippen molar-refractivity contribution in [3.63, 3.8) is 0 Å². The largest absolute Gasteiger partial charge is 0.465 e. The zero-order chi connectivity index (χ0) is 27.2. The fraction of sp³-hybridized carbons (Fsp3) is 0.355. The number of esters is 1. The SMILES string of the molecule is COC(=O)c1ccc(CO[C@@H](CN2CCN(C(=O)N[C@@H]3C[C@H]3c3ccccc3)CC2)c2ccc(Cl)cc2)cc1. The summed E-state index contributed by atoms with van der Waals surface area (Å²) in [6.45, 7) is 4.02. The number of hydrogen-bond donors (Lipinski definition) is 1. The monoisotopic (exact) mass is 547 g/mol. The molecule has 8 heteroatoms. The molecular weight excluding hydrogens is 514 g/mol. The maximum absolute atomic E-state index is 12.9. The van der Waals surface area contributed by atoms with Gasteiger partial charge in [0.25, 0.3) is 0 Å². The lowest BCUT2D eigenvalue weighted by Crippen LogP contribution is -2.52. The molecule has 0 unspecified atom stereocenters. The lowest BCUT2D eigenvalue weighted by atomic mass is 10.1. The van der Waals surface area contributed by atoms with Gasteiger partial charge in [0.1, 0.15) is 0 Å². The van der Waals surface area contributed by atoms with Crippen LogP contribution in [0.4, 0.5) is 4.79 Å². The predicted molar refractivity (Wildman–Crippen MR) is 151 cm³/mol. The summed E-state index contributed by atoms with van der Waals surface area (Å²) in [5.41, 5.74) is 3.82. The van der Waals surface area contributed by atoms with Crippen molar-refractivity contribution < 1.29 is 19.1 Å². The van der Waals surface area contributed by atoms with E-state index < -0.39 is 0 Å². The molecule has 3 atom stereocenters. The van der Waals surface area contributed by atoms with Crippen molar-refractivity contribution in [3.05, 3.63) is 106 Å². The molecule has 2 fully saturated rings. The van der Waals surface area contributed by atoms with Crippen LogP contribution < -0.4 is 5.32 Å². The van der Waals surface area contributed by atoms with Gasteiger partial charge in [0.05, 0.1) is 25.4 Å². The van der Waals surface area contributed by atoms with Gasteiger partial charge in [-0.05, 0) is 47.4 Å². The van der Waals surface area contributed by atoms with E-state index in [0.717, 1.165) is 30.6 Å². The maximum Gasteiger partial charge on any atom is 0.337 e. The van der Waals surface area contributed by atoms with Crippen molar-refractivity contribution >= 4 is 23.6 Å². The maximum atomic E-state index is 12.9. The molecule has 7 nitrogen and oxygen atoms in total. The second-order valence-corrected chi connectivity index (χ2v) is 10.6. The molecule has 3 aromatic carbocycles. The molecule has 0 spiro atoms. The highest BCUT2D eigenvalue weighted by molar-refractivity contribution is 6.30. The van der Waals surface area contributed by atoms with Crippen LogP contribution >= 0.6 is 11.6 Å². The van der Waals surface area contributed by atoms with Crippen LogP contribution in [0.2, 0.25) is 5.02 Å². The van der Waals surface area contributed by atoms with Crippen LogP contribution in [0.25, 0.3) is 0 Å². The van der Waals surface area contributed by atoms with Crippen LogP contribution in [0.1, 0.15) is 45.5 Å². The Kier molecular flexibility index (Phi) is 8.81. The van der Waals surface area contributed by atoms with Crippen molar-refractivity contribution in [1.29, 1.82) is 0 Å². The molecule has 1 aliphatic carbocycles. The van der Waals surface area contributed by atoms with E-state index in [2.05, 4.69) is 22.3 Å². The van der Waals surface area contributed by atoms with Crippen molar-refractivity contribution in [3.8, 4) is 0 Å². The first-order valence-electron chi connectivity index (χ1n) is 13.4. The lowest BCUT2D eigenvalue weighted by Gasteiger charge is -2.36. The minimum Gasteiger partial charge on any atom is -0.465 e. The number of benzene rings is 3. The molecule has 1 saturated heterocycles. The summed E-state index contributed by atoms with van der Waals surface area (Å²) in [5.74, 6) is 0.0628. The van der Waals surface area contributed by atoms with Gasteiger partial charge in [-0.3, -0.25) is 4.90 Å². The van der Waals surface area contributed by atoms with Gasteiger partial charge < -0.3 is 19.7 Å². The number of amides is 2. The molecular formula is C31H34ClN3O4. The summed E-state index contributed by atoms with van der Waals surface area (Å²) in [5, 5.41) is 3.90. The number of carbonyl (C=O) groups excluding carboxylic acids is 2. The highest BCUT2D eigenvalue weighted by Gasteiger charge is 2.40. The Morgan fingerprint density at radius 2 is 1.64 bits per heavy atom. The van der Waals surface area contributed by atoms with Gasteiger partial charge in [-0.25, -0.2) is 9.59 Å². The summed E-state index contributed by atoms with van der Waals surface area (Å²) in [4.78, 5) is 28.9. The Hall–Kier alpha value is -3.39. The molecule has 1 aliphatic heterocycles. The van der Waals surface area contributed by atoms with E-state index in [1.807, 2.05) is 59.5 Å². The molecule has 5 rings (SSSR count). The molecule has 0 bridgehead atoms. The molecule has 1 saturated carbocycles. The number of piperazine rings is 1. The molecule has 39 heavy (non-hydrogen) atoms. The number of carbonyl (C=O) groups is 2. The van der Waals surface area contributed by atoms with Crippen LogP contribution in [0.15, 0.2) is 78.9 Å². The quantitative estimate of drug-likeness (QED) is 0.370. The number of hydrogen-bond acceptors (Lipinski definition) is 5. The average molecular weight is 548 g/mol. The summed E-state index contributed by atoms with van der Waals surface area (Å²) in [6.07, 6.45) is 0.836. The van der Waals surface area contributed by atoms with E-state index in [4.69, 9.17) is 21.1 Å². The minimum absolute atomic E-state index is 0.0268. The molecule has 1 heterocycles. The number of methoxy groups -OCH3 is 1. The first-order chi connectivity index (χ1) is 19.0. The van der Waals surface area contributed by atoms with E-state index >= 15 is 0 Å². The Morgan fingerprint density at radius 1 is 0.949 bits per heavy atom. The van der Waals surface area contributed by atoms with Gasteiger partial charge in [0.2, 0.25) is 0 Å². The number of nitrogens with one attached hydrogen (secondary N) is 1. The normalized spacial score (nSPS) is 19.8. The average Bonchev–Trinajstić information content (AvgIpc) is 3.75. The third kappa shape index (κ3) is 7.18. The fourth-order valence-electron chi connectivity index (χ4n) is 5.02. The summed E-state index contributed by atoms with van der Waals surface area (Å²) < 4.78 is 11.2. The topological polar surface area (TPSA) is 71.1 Å². The molecule has 1 N–H and O–H groups in total. The summed E-state index contributed by atoms with van der Waals surface area (Å²) in [6, 6.07) is 25.6. The van der Waals surface area contributed by atoms with E-state index in [9.17, 15) is 9.59 Å². The van der Waals surface area contributed by atoms with E-state index in [1.165, 1.54) is 12.7 Å². The Labute approximate surface area is 234 Å². The third-order valence-corrected chi connectivity index (χ3v) is 7.73. The van der Waals surface area contributed by atoms with Gasteiger partial charge in [0, 0.05) is 49.7 Å². The molecule has 2 amide bonds. The second-order valence-electron chi connectivity index (χ2n) is 10.1. The molecule has 2 aliphatic rings. The Morgan fingerprint density at radius 3 is 2.31 bits per heavy atom. The fourth-order valence-corrected chi connectivity index (χ4v) is 5.15. The molecule has 3 aromatic rings. The van der Waals surface area contributed by atoms with E-state index in [0.29, 0.717) is 42.7 Å². The lowest BCUT2D eigenvalue weighted by molar-refractivity contribution is 0.00554. The molecule has 0 aromatic heterocycles. The second kappa shape index (κ2) is 12.6. The predicted octanol–water partition coefficient (Wildman–Crippen LogP) is 5.27. The van der Waals surface area contributed by atoms with Crippen molar-refractivity contribution in [2.45, 2.75) is 31.1 Å². The van der Waals surface area contributed by atoms with Gasteiger partial charge in [-0.15, -0.1) is 0 Å². The zero-order valence-electron chi connectivity index (χ0n) is 22.1. The number of rotatable bonds is 9. The van der Waals surface area contributed by atoms with Crippen molar-refractivity contribution in [1.82, 2.24) is 15.1 Å². The van der Waals surface area contributed by atoms with E-state index in [1.54, 1.807) is 12.1 Å². The molecule has 204 valence electrons. The third-order valence-electron chi connectivity index (χ3n) is 7.48. The Balaban J connectivity index is 1.13. The molecule has 0 radical (unpaired) electrons. The smallest absolute Gasteiger partial charge is 0.337 e. The van der Waals surface area contributed by atoms with Crippen LogP contribution in [0.5, 0.6) is 0 Å². The number of urea groups is 1. The van der Waals surface area contributed by atoms with Crippen LogP contribution in [0, 0.1) is 0 Å². The van der Waals surface area contributed by atoms with Gasteiger partial charge in [0.15, 0.2) is 0 Å². The summed E-state index contributed by atoms with van der Waals surface area (Å²) in [7, 11) is 1.37. The van der Waals surface area contributed by atoms with Crippen LogP contribution in [-0.4, -0.2) is 67.7 Å². The van der Waals surface area contributed by atoms with Crippen molar-refractivity contribution in [2.75, 3.05) is 39.8 Å². The van der Waals surface area contributed by atoms with E-state index in [-0.39, 0.29) is 24.1 Å². The van der Waals surface area contributed by atoms with Crippen LogP contribution in [0.3, 0.4) is 0 Å². The van der Waals surface area contributed by atoms with Gasteiger partial charge >= 0.3 is 12.0 Å². The Bertz CT molecular complexity index is 1250. The van der Waals surface area contributed by atoms with Gasteiger partial charge in [-0.1, -0.05) is 66.2 Å². The summed E-state index contributed by atoms with van der Waals surface area (Å²) >= 11 is 6.13. The highest BCUT2D eigenvalue weighted by Crippen LogP contribution is 2.40. The first-order valence-corrected chi connectivity index (χ1v) is 13.7. The van der Waals surface area contributed by atoms with Crippen molar-refractivity contribution in [2.24, 2.45) is 0 Å². The number of ether oxygens (including phenoxy) is 2. The standard InChI is InChI=1S/C31H34ClN3O4/c1-38-30(36)25-9-7-22(8-10-25)21-39-29(24-11-13-26(32)14-12-24)20-34-15-17-35(18-16-34)31(37)33-28-19-27(28)23-5-3-2-4-6-23/h2-14,27-29H,15-21H2,1H3,(H,33,37)/t27-,28+,29-/m0/s1. The zero-order valence-corrected chi connectivity index (χ0v) is 22.8. The first kappa shape index (κ1) is 27.2.